The molecule has 2 aromatic carbocycles. The molecule has 104 valence electrons. The van der Waals surface area contributed by atoms with E-state index in [-0.39, 0.29) is 11.5 Å². The van der Waals surface area contributed by atoms with Crippen molar-refractivity contribution in [3.8, 4) is 5.75 Å². The molecule has 0 unspecified atom stereocenters. The van der Waals surface area contributed by atoms with Crippen molar-refractivity contribution in [2.75, 3.05) is 7.11 Å². The average molecular weight is 280 g/mol. The Balaban J connectivity index is 1.87. The Hall–Kier alpha value is -2.88. The van der Waals surface area contributed by atoms with Crippen LogP contribution >= 0.6 is 0 Å². The van der Waals surface area contributed by atoms with Crippen LogP contribution in [0.3, 0.4) is 0 Å². The molecule has 0 aliphatic carbocycles. The number of benzene rings is 2. The molecular formula is C17H12O4. The molecule has 4 nitrogen and oxygen atoms in total. The third-order valence-corrected chi connectivity index (χ3v) is 3.20. The Morgan fingerprint density at radius 3 is 2.48 bits per heavy atom. The lowest BCUT2D eigenvalue weighted by Gasteiger charge is -2.01. The van der Waals surface area contributed by atoms with E-state index in [0.717, 1.165) is 5.56 Å². The normalized spacial score (nSPS) is 14.7. The van der Waals surface area contributed by atoms with Gasteiger partial charge >= 0.3 is 5.97 Å². The molecule has 0 spiro atoms. The van der Waals surface area contributed by atoms with E-state index in [1.165, 1.54) is 7.11 Å². The van der Waals surface area contributed by atoms with Crippen molar-refractivity contribution in [3.63, 3.8) is 0 Å². The SMILES string of the molecule is COC(=O)c1ccc(/C=C2/Oc3ccccc3C2=O)cc1. The van der Waals surface area contributed by atoms with Crippen LogP contribution in [0.5, 0.6) is 5.75 Å². The number of ether oxygens (including phenoxy) is 2. The number of rotatable bonds is 2. The zero-order valence-electron chi connectivity index (χ0n) is 11.3. The first-order valence-corrected chi connectivity index (χ1v) is 6.40. The number of Topliss-reactive ketones (excluding diaryl/α,β-unsaturated/α-hetero) is 1. The Morgan fingerprint density at radius 2 is 1.81 bits per heavy atom. The van der Waals surface area contributed by atoms with Crippen LogP contribution in [-0.2, 0) is 4.74 Å². The Labute approximate surface area is 121 Å². The molecule has 0 N–H and O–H groups in total. The van der Waals surface area contributed by atoms with Crippen LogP contribution < -0.4 is 4.74 Å². The van der Waals surface area contributed by atoms with Crippen LogP contribution in [0.1, 0.15) is 26.3 Å². The van der Waals surface area contributed by atoms with Gasteiger partial charge in [-0.05, 0) is 35.9 Å². The smallest absolute Gasteiger partial charge is 0.337 e. The lowest BCUT2D eigenvalue weighted by atomic mass is 10.1. The summed E-state index contributed by atoms with van der Waals surface area (Å²) in [5, 5.41) is 0. The van der Waals surface area contributed by atoms with E-state index in [1.54, 1.807) is 48.5 Å². The maximum Gasteiger partial charge on any atom is 0.337 e. The molecule has 0 aromatic heterocycles. The number of hydrogen-bond acceptors (Lipinski definition) is 4. The molecule has 0 saturated heterocycles. The van der Waals surface area contributed by atoms with Gasteiger partial charge in [0, 0.05) is 0 Å². The van der Waals surface area contributed by atoms with Gasteiger partial charge in [0.2, 0.25) is 5.78 Å². The van der Waals surface area contributed by atoms with Gasteiger partial charge in [-0.1, -0.05) is 24.3 Å². The summed E-state index contributed by atoms with van der Waals surface area (Å²) < 4.78 is 10.2. The lowest BCUT2D eigenvalue weighted by Crippen LogP contribution is -2.01. The number of ketones is 1. The molecule has 0 radical (unpaired) electrons. The van der Waals surface area contributed by atoms with Crippen molar-refractivity contribution in [2.45, 2.75) is 0 Å². The molecule has 1 heterocycles. The molecule has 0 saturated carbocycles. The van der Waals surface area contributed by atoms with E-state index in [1.807, 2.05) is 6.07 Å². The van der Waals surface area contributed by atoms with Gasteiger partial charge in [0.05, 0.1) is 18.2 Å². The summed E-state index contributed by atoms with van der Waals surface area (Å²) in [7, 11) is 1.33. The molecule has 3 rings (SSSR count). The first kappa shape index (κ1) is 13.1. The molecule has 2 aromatic rings. The van der Waals surface area contributed by atoms with Gasteiger partial charge in [0.1, 0.15) is 5.75 Å². The molecule has 21 heavy (non-hydrogen) atoms. The minimum atomic E-state index is -0.394. The van der Waals surface area contributed by atoms with Crippen LogP contribution in [0.25, 0.3) is 6.08 Å². The minimum absolute atomic E-state index is 0.136. The van der Waals surface area contributed by atoms with Crippen LogP contribution in [0.4, 0.5) is 0 Å². The fraction of sp³-hybridized carbons (Fsp3) is 0.0588. The summed E-state index contributed by atoms with van der Waals surface area (Å²) in [5.41, 5.74) is 1.80. The summed E-state index contributed by atoms with van der Waals surface area (Å²) in [6.07, 6.45) is 1.66. The topological polar surface area (TPSA) is 52.6 Å². The van der Waals surface area contributed by atoms with Crippen molar-refractivity contribution < 1.29 is 19.1 Å². The van der Waals surface area contributed by atoms with Crippen molar-refractivity contribution in [1.29, 1.82) is 0 Å². The maximum absolute atomic E-state index is 12.2. The molecule has 0 bridgehead atoms. The number of fused-ring (bicyclic) bond motifs is 1. The van der Waals surface area contributed by atoms with E-state index in [4.69, 9.17) is 4.74 Å². The van der Waals surface area contributed by atoms with E-state index >= 15 is 0 Å². The molecule has 1 aliphatic heterocycles. The third-order valence-electron chi connectivity index (χ3n) is 3.20. The highest BCUT2D eigenvalue weighted by Gasteiger charge is 2.26. The van der Waals surface area contributed by atoms with E-state index in [9.17, 15) is 9.59 Å². The first-order valence-electron chi connectivity index (χ1n) is 6.40. The predicted octanol–water partition coefficient (Wildman–Crippen LogP) is 3.09. The van der Waals surface area contributed by atoms with Gasteiger partial charge in [-0.15, -0.1) is 0 Å². The van der Waals surface area contributed by atoms with Crippen molar-refractivity contribution >= 4 is 17.8 Å². The highest BCUT2D eigenvalue weighted by atomic mass is 16.5. The zero-order chi connectivity index (χ0) is 14.8. The summed E-state index contributed by atoms with van der Waals surface area (Å²) in [4.78, 5) is 23.5. The molecular weight excluding hydrogens is 268 g/mol. The summed E-state index contributed by atoms with van der Waals surface area (Å²) in [5.74, 6) is 0.319. The molecule has 4 heteroatoms. The fourth-order valence-corrected chi connectivity index (χ4v) is 2.12. The summed E-state index contributed by atoms with van der Waals surface area (Å²) in [6.45, 7) is 0. The second-order valence-corrected chi connectivity index (χ2v) is 4.55. The Morgan fingerprint density at radius 1 is 1.10 bits per heavy atom. The maximum atomic E-state index is 12.2. The number of para-hydroxylation sites is 1. The largest absolute Gasteiger partial charge is 0.465 e. The van der Waals surface area contributed by atoms with Crippen molar-refractivity contribution in [3.05, 3.63) is 71.0 Å². The van der Waals surface area contributed by atoms with Crippen molar-refractivity contribution in [1.82, 2.24) is 0 Å². The number of carbonyl (C=O) groups is 2. The second kappa shape index (κ2) is 5.25. The minimum Gasteiger partial charge on any atom is -0.465 e. The van der Waals surface area contributed by atoms with E-state index < -0.39 is 5.97 Å². The van der Waals surface area contributed by atoms with E-state index in [0.29, 0.717) is 16.9 Å². The second-order valence-electron chi connectivity index (χ2n) is 4.55. The summed E-state index contributed by atoms with van der Waals surface area (Å²) >= 11 is 0. The van der Waals surface area contributed by atoms with Crippen LogP contribution in [-0.4, -0.2) is 18.9 Å². The Kier molecular flexibility index (Phi) is 3.28. The molecule has 0 atom stereocenters. The van der Waals surface area contributed by atoms with Crippen LogP contribution in [0.2, 0.25) is 0 Å². The molecule has 0 amide bonds. The monoisotopic (exact) mass is 280 g/mol. The van der Waals surface area contributed by atoms with Gasteiger partial charge in [0.15, 0.2) is 5.76 Å². The van der Waals surface area contributed by atoms with Gasteiger partial charge in [0.25, 0.3) is 0 Å². The van der Waals surface area contributed by atoms with Crippen molar-refractivity contribution in [2.24, 2.45) is 0 Å². The standard InChI is InChI=1S/C17H12O4/c1-20-17(19)12-8-6-11(7-9-12)10-15-16(18)13-4-2-3-5-14(13)21-15/h2-10H,1H3/b15-10+. The van der Waals surface area contributed by atoms with Crippen LogP contribution in [0, 0.1) is 0 Å². The van der Waals surface area contributed by atoms with Gasteiger partial charge in [-0.2, -0.15) is 0 Å². The number of esters is 1. The molecule has 1 aliphatic rings. The third kappa shape index (κ3) is 2.43. The quantitative estimate of drug-likeness (QED) is 0.626. The first-order chi connectivity index (χ1) is 10.2. The number of carbonyl (C=O) groups excluding carboxylic acids is 2. The highest BCUT2D eigenvalue weighted by Crippen LogP contribution is 2.31. The number of methoxy groups -OCH3 is 1. The zero-order valence-corrected chi connectivity index (χ0v) is 11.3. The fourth-order valence-electron chi connectivity index (χ4n) is 2.12. The van der Waals surface area contributed by atoms with Crippen LogP contribution in [0.15, 0.2) is 54.3 Å². The van der Waals surface area contributed by atoms with Gasteiger partial charge < -0.3 is 9.47 Å². The number of hydrogen-bond donors (Lipinski definition) is 0. The highest BCUT2D eigenvalue weighted by molar-refractivity contribution is 6.14. The predicted molar refractivity (Wildman–Crippen MR) is 77.2 cm³/mol. The van der Waals surface area contributed by atoms with Gasteiger partial charge in [-0.3, -0.25) is 4.79 Å². The average Bonchev–Trinajstić information content (AvgIpc) is 2.84. The van der Waals surface area contributed by atoms with E-state index in [2.05, 4.69) is 4.74 Å². The van der Waals surface area contributed by atoms with Gasteiger partial charge in [-0.25, -0.2) is 4.79 Å². The summed E-state index contributed by atoms with van der Waals surface area (Å²) in [6, 6.07) is 13.9. The number of allylic oxidation sites excluding steroid dienone is 1. The Bertz CT molecular complexity index is 742. The molecule has 0 fully saturated rings. The lowest BCUT2D eigenvalue weighted by molar-refractivity contribution is 0.0600.